The average Bonchev–Trinajstić information content (AvgIpc) is 3.17. The van der Waals surface area contributed by atoms with Crippen molar-refractivity contribution in [3.63, 3.8) is 0 Å². The quantitative estimate of drug-likeness (QED) is 0.907. The summed E-state index contributed by atoms with van der Waals surface area (Å²) < 4.78 is 5.21. The maximum absolute atomic E-state index is 12.0. The van der Waals surface area contributed by atoms with Gasteiger partial charge in [0.1, 0.15) is 0 Å². The SMILES string of the molecule is O=C(CCCc1nc(-c2ccc(Cl)cc2)no1)N1CC[C@@H](O)C1. The first kappa shape index (κ1) is 16.0. The van der Waals surface area contributed by atoms with Gasteiger partial charge in [-0.05, 0) is 37.1 Å². The summed E-state index contributed by atoms with van der Waals surface area (Å²) >= 11 is 5.85. The zero-order chi connectivity index (χ0) is 16.2. The lowest BCUT2D eigenvalue weighted by Gasteiger charge is -2.14. The Hall–Kier alpha value is -1.92. The van der Waals surface area contributed by atoms with Crippen LogP contribution in [-0.4, -0.2) is 45.2 Å². The lowest BCUT2D eigenvalue weighted by Crippen LogP contribution is -2.29. The van der Waals surface area contributed by atoms with E-state index in [0.29, 0.717) is 55.5 Å². The maximum Gasteiger partial charge on any atom is 0.226 e. The normalized spacial score (nSPS) is 17.7. The average molecular weight is 336 g/mol. The molecular formula is C16H18ClN3O3. The van der Waals surface area contributed by atoms with Crippen LogP contribution in [0.1, 0.15) is 25.2 Å². The van der Waals surface area contributed by atoms with Crippen LogP contribution in [0.5, 0.6) is 0 Å². The molecule has 1 aliphatic rings. The van der Waals surface area contributed by atoms with Crippen LogP contribution in [0, 0.1) is 0 Å². The number of aryl methyl sites for hydroxylation is 1. The summed E-state index contributed by atoms with van der Waals surface area (Å²) in [6, 6.07) is 7.21. The smallest absolute Gasteiger partial charge is 0.226 e. The third-order valence-corrected chi connectivity index (χ3v) is 4.12. The van der Waals surface area contributed by atoms with Gasteiger partial charge in [0.2, 0.25) is 17.6 Å². The van der Waals surface area contributed by atoms with Crippen molar-refractivity contribution in [2.24, 2.45) is 0 Å². The van der Waals surface area contributed by atoms with Gasteiger partial charge in [0, 0.05) is 36.5 Å². The van der Waals surface area contributed by atoms with E-state index in [1.165, 1.54) is 0 Å². The van der Waals surface area contributed by atoms with Crippen molar-refractivity contribution >= 4 is 17.5 Å². The molecule has 0 bridgehead atoms. The summed E-state index contributed by atoms with van der Waals surface area (Å²) in [5.74, 6) is 1.11. The molecule has 7 heteroatoms. The van der Waals surface area contributed by atoms with E-state index in [1.807, 2.05) is 12.1 Å². The zero-order valence-electron chi connectivity index (χ0n) is 12.6. The van der Waals surface area contributed by atoms with Gasteiger partial charge in [-0.2, -0.15) is 4.98 Å². The van der Waals surface area contributed by atoms with E-state index in [9.17, 15) is 9.90 Å². The lowest BCUT2D eigenvalue weighted by molar-refractivity contribution is -0.130. The minimum atomic E-state index is -0.378. The monoisotopic (exact) mass is 335 g/mol. The lowest BCUT2D eigenvalue weighted by atomic mass is 10.2. The Morgan fingerprint density at radius 2 is 2.17 bits per heavy atom. The third kappa shape index (κ3) is 4.09. The number of aliphatic hydroxyl groups excluding tert-OH is 1. The molecule has 0 spiro atoms. The van der Waals surface area contributed by atoms with Crippen LogP contribution in [0.3, 0.4) is 0 Å². The van der Waals surface area contributed by atoms with Crippen LogP contribution in [-0.2, 0) is 11.2 Å². The van der Waals surface area contributed by atoms with Crippen LogP contribution in [0.15, 0.2) is 28.8 Å². The molecule has 0 unspecified atom stereocenters. The molecule has 1 saturated heterocycles. The number of carbonyl (C=O) groups is 1. The van der Waals surface area contributed by atoms with Gasteiger partial charge >= 0.3 is 0 Å². The van der Waals surface area contributed by atoms with Crippen LogP contribution in [0.25, 0.3) is 11.4 Å². The van der Waals surface area contributed by atoms with Gasteiger partial charge < -0.3 is 14.5 Å². The molecular weight excluding hydrogens is 318 g/mol. The Bertz CT molecular complexity index is 671. The molecule has 3 rings (SSSR count). The van der Waals surface area contributed by atoms with Crippen molar-refractivity contribution in [3.05, 3.63) is 35.2 Å². The fourth-order valence-corrected chi connectivity index (χ4v) is 2.72. The number of likely N-dealkylation sites (tertiary alicyclic amines) is 1. The topological polar surface area (TPSA) is 79.5 Å². The number of hydrogen-bond donors (Lipinski definition) is 1. The number of benzene rings is 1. The second kappa shape index (κ2) is 7.10. The summed E-state index contributed by atoms with van der Waals surface area (Å²) in [4.78, 5) is 18.0. The summed E-state index contributed by atoms with van der Waals surface area (Å²) in [5.41, 5.74) is 0.839. The van der Waals surface area contributed by atoms with Crippen molar-refractivity contribution in [2.45, 2.75) is 31.8 Å². The molecule has 1 aromatic heterocycles. The first-order valence-corrected chi connectivity index (χ1v) is 8.04. The molecule has 122 valence electrons. The van der Waals surface area contributed by atoms with E-state index < -0.39 is 0 Å². The van der Waals surface area contributed by atoms with Gasteiger partial charge in [-0.25, -0.2) is 0 Å². The number of carbonyl (C=O) groups excluding carboxylic acids is 1. The number of rotatable bonds is 5. The number of aliphatic hydroxyl groups is 1. The Balaban J connectivity index is 1.49. The molecule has 1 fully saturated rings. The number of hydrogen-bond acceptors (Lipinski definition) is 5. The van der Waals surface area contributed by atoms with Gasteiger partial charge in [0.05, 0.1) is 6.10 Å². The number of nitrogens with zero attached hydrogens (tertiary/aromatic N) is 3. The predicted molar refractivity (Wildman–Crippen MR) is 84.9 cm³/mol. The molecule has 1 aliphatic heterocycles. The molecule has 0 saturated carbocycles. The van der Waals surface area contributed by atoms with E-state index >= 15 is 0 Å². The van der Waals surface area contributed by atoms with Crippen LogP contribution in [0.4, 0.5) is 0 Å². The zero-order valence-corrected chi connectivity index (χ0v) is 13.4. The molecule has 1 atom stereocenters. The first-order valence-electron chi connectivity index (χ1n) is 7.66. The molecule has 2 aromatic rings. The maximum atomic E-state index is 12.0. The highest BCUT2D eigenvalue weighted by molar-refractivity contribution is 6.30. The van der Waals surface area contributed by atoms with Crippen molar-refractivity contribution in [2.75, 3.05) is 13.1 Å². The molecule has 0 radical (unpaired) electrons. The number of amides is 1. The minimum absolute atomic E-state index is 0.0685. The molecule has 1 aromatic carbocycles. The number of aromatic nitrogens is 2. The minimum Gasteiger partial charge on any atom is -0.391 e. The van der Waals surface area contributed by atoms with Crippen molar-refractivity contribution < 1.29 is 14.4 Å². The van der Waals surface area contributed by atoms with E-state index in [4.69, 9.17) is 16.1 Å². The van der Waals surface area contributed by atoms with Crippen molar-refractivity contribution in [3.8, 4) is 11.4 Å². The Labute approximate surface area is 139 Å². The number of halogens is 1. The van der Waals surface area contributed by atoms with Gasteiger partial charge in [0.25, 0.3) is 0 Å². The second-order valence-corrected chi connectivity index (χ2v) is 6.09. The van der Waals surface area contributed by atoms with E-state index in [0.717, 1.165) is 5.56 Å². The van der Waals surface area contributed by atoms with E-state index in [1.54, 1.807) is 17.0 Å². The van der Waals surface area contributed by atoms with E-state index in [2.05, 4.69) is 10.1 Å². The summed E-state index contributed by atoms with van der Waals surface area (Å²) in [6.45, 7) is 1.08. The summed E-state index contributed by atoms with van der Waals surface area (Å²) in [7, 11) is 0. The summed E-state index contributed by atoms with van der Waals surface area (Å²) in [6.07, 6.45) is 1.92. The molecule has 0 aliphatic carbocycles. The summed E-state index contributed by atoms with van der Waals surface area (Å²) in [5, 5.41) is 14.0. The number of β-amino-alcohol motifs (C(OH)–C–C–N with tert-alkyl or cyclic N) is 1. The van der Waals surface area contributed by atoms with Gasteiger partial charge in [0.15, 0.2) is 0 Å². The van der Waals surface area contributed by atoms with Crippen LogP contribution < -0.4 is 0 Å². The van der Waals surface area contributed by atoms with Gasteiger partial charge in [-0.3, -0.25) is 4.79 Å². The Morgan fingerprint density at radius 1 is 1.39 bits per heavy atom. The van der Waals surface area contributed by atoms with Gasteiger partial charge in [-0.15, -0.1) is 0 Å². The molecule has 2 heterocycles. The molecule has 6 nitrogen and oxygen atoms in total. The van der Waals surface area contributed by atoms with Gasteiger partial charge in [-0.1, -0.05) is 16.8 Å². The highest BCUT2D eigenvalue weighted by Gasteiger charge is 2.24. The van der Waals surface area contributed by atoms with Crippen LogP contribution in [0.2, 0.25) is 5.02 Å². The molecule has 1 N–H and O–H groups in total. The Kier molecular flexibility index (Phi) is 4.93. The predicted octanol–water partition coefficient (Wildman–Crippen LogP) is 2.31. The van der Waals surface area contributed by atoms with Crippen molar-refractivity contribution in [1.82, 2.24) is 15.0 Å². The largest absolute Gasteiger partial charge is 0.391 e. The first-order chi connectivity index (χ1) is 11.1. The van der Waals surface area contributed by atoms with E-state index in [-0.39, 0.29) is 12.0 Å². The highest BCUT2D eigenvalue weighted by Crippen LogP contribution is 2.19. The molecule has 23 heavy (non-hydrogen) atoms. The third-order valence-electron chi connectivity index (χ3n) is 3.87. The highest BCUT2D eigenvalue weighted by atomic mass is 35.5. The second-order valence-electron chi connectivity index (χ2n) is 5.65. The fraction of sp³-hybridized carbons (Fsp3) is 0.438. The fourth-order valence-electron chi connectivity index (χ4n) is 2.59. The Morgan fingerprint density at radius 3 is 2.87 bits per heavy atom. The standard InChI is InChI=1S/C16H18ClN3O3/c17-12-6-4-11(5-7-12)16-18-14(23-19-16)2-1-3-15(22)20-9-8-13(21)10-20/h4-7,13,21H,1-3,8-10H2/t13-/m1/s1. The van der Waals surface area contributed by atoms with Crippen molar-refractivity contribution in [1.29, 1.82) is 0 Å². The van der Waals surface area contributed by atoms with Crippen LogP contribution >= 0.6 is 11.6 Å². The molecule has 1 amide bonds.